The Balaban J connectivity index is 1.73. The number of carbonyl (C=O) groups excluding carboxylic acids is 1. The molecule has 0 aromatic heterocycles. The zero-order valence-electron chi connectivity index (χ0n) is 11.7. The molecule has 4 heteroatoms. The molecule has 1 aliphatic heterocycles. The van der Waals surface area contributed by atoms with Crippen LogP contribution in [0.4, 0.5) is 0 Å². The molecule has 0 spiro atoms. The summed E-state index contributed by atoms with van der Waals surface area (Å²) in [5, 5.41) is 6.66. The summed E-state index contributed by atoms with van der Waals surface area (Å²) >= 11 is 0. The zero-order valence-corrected chi connectivity index (χ0v) is 11.7. The molecule has 18 heavy (non-hydrogen) atoms. The molecule has 4 nitrogen and oxygen atoms in total. The predicted octanol–water partition coefficient (Wildman–Crippen LogP) is 1.12. The van der Waals surface area contributed by atoms with Gasteiger partial charge in [-0.3, -0.25) is 9.69 Å². The average molecular weight is 253 g/mol. The lowest BCUT2D eigenvalue weighted by molar-refractivity contribution is -0.126. The third-order valence-electron chi connectivity index (χ3n) is 4.41. The highest BCUT2D eigenvalue weighted by molar-refractivity contribution is 5.81. The standard InChI is InChI=1S/C14H27N3O/c1-11(14(18)16-12-6-3-4-7-12)17(2)10-13-8-5-9-15-13/h11-13,15H,3-10H2,1-2H3,(H,16,18). The maximum Gasteiger partial charge on any atom is 0.237 e. The van der Waals surface area contributed by atoms with E-state index in [1.54, 1.807) is 0 Å². The summed E-state index contributed by atoms with van der Waals surface area (Å²) in [7, 11) is 2.05. The molecule has 2 N–H and O–H groups in total. The van der Waals surface area contributed by atoms with Crippen molar-refractivity contribution < 1.29 is 4.79 Å². The van der Waals surface area contributed by atoms with Crippen molar-refractivity contribution in [3.05, 3.63) is 0 Å². The van der Waals surface area contributed by atoms with Crippen molar-refractivity contribution in [2.24, 2.45) is 0 Å². The fourth-order valence-electron chi connectivity index (χ4n) is 3.01. The van der Waals surface area contributed by atoms with Crippen LogP contribution in [0.15, 0.2) is 0 Å². The van der Waals surface area contributed by atoms with E-state index in [1.165, 1.54) is 25.7 Å². The number of nitrogens with one attached hydrogen (secondary N) is 2. The van der Waals surface area contributed by atoms with E-state index in [4.69, 9.17) is 0 Å². The van der Waals surface area contributed by atoms with E-state index in [0.717, 1.165) is 25.9 Å². The third kappa shape index (κ3) is 3.69. The number of hydrogen-bond donors (Lipinski definition) is 2. The number of likely N-dealkylation sites (N-methyl/N-ethyl adjacent to an activating group) is 1. The van der Waals surface area contributed by atoms with Gasteiger partial charge in [-0.05, 0) is 46.2 Å². The summed E-state index contributed by atoms with van der Waals surface area (Å²) in [6, 6.07) is 0.975. The van der Waals surface area contributed by atoms with Gasteiger partial charge in [-0.15, -0.1) is 0 Å². The lowest BCUT2D eigenvalue weighted by Gasteiger charge is -2.27. The Kier molecular flexibility index (Phi) is 5.01. The monoisotopic (exact) mass is 253 g/mol. The predicted molar refractivity (Wildman–Crippen MR) is 73.5 cm³/mol. The molecule has 2 fully saturated rings. The quantitative estimate of drug-likeness (QED) is 0.771. The van der Waals surface area contributed by atoms with E-state index in [2.05, 4.69) is 22.6 Å². The van der Waals surface area contributed by atoms with Crippen molar-refractivity contribution in [2.45, 2.75) is 63.6 Å². The summed E-state index contributed by atoms with van der Waals surface area (Å²) in [5.74, 6) is 0.197. The molecule has 2 aliphatic rings. The molecule has 1 saturated heterocycles. The Bertz CT molecular complexity index is 270. The first-order valence-electron chi connectivity index (χ1n) is 7.41. The Hall–Kier alpha value is -0.610. The van der Waals surface area contributed by atoms with E-state index >= 15 is 0 Å². The second-order valence-electron chi connectivity index (χ2n) is 5.90. The van der Waals surface area contributed by atoms with Crippen LogP contribution in [0.3, 0.4) is 0 Å². The van der Waals surface area contributed by atoms with Gasteiger partial charge < -0.3 is 10.6 Å². The lowest BCUT2D eigenvalue weighted by Crippen LogP contribution is -2.49. The molecular formula is C14H27N3O. The number of nitrogens with zero attached hydrogens (tertiary/aromatic N) is 1. The van der Waals surface area contributed by atoms with Crippen molar-refractivity contribution in [1.29, 1.82) is 0 Å². The highest BCUT2D eigenvalue weighted by atomic mass is 16.2. The Labute approximate surface area is 110 Å². The van der Waals surface area contributed by atoms with Gasteiger partial charge in [0.25, 0.3) is 0 Å². The van der Waals surface area contributed by atoms with E-state index in [-0.39, 0.29) is 11.9 Å². The third-order valence-corrected chi connectivity index (χ3v) is 4.41. The van der Waals surface area contributed by atoms with E-state index in [9.17, 15) is 4.79 Å². The topological polar surface area (TPSA) is 44.4 Å². The van der Waals surface area contributed by atoms with Crippen LogP contribution in [0.1, 0.15) is 45.4 Å². The minimum absolute atomic E-state index is 0.0204. The van der Waals surface area contributed by atoms with Crippen molar-refractivity contribution in [1.82, 2.24) is 15.5 Å². The molecule has 0 aromatic rings. The zero-order chi connectivity index (χ0) is 13.0. The molecule has 2 unspecified atom stereocenters. The highest BCUT2D eigenvalue weighted by Gasteiger charge is 2.25. The van der Waals surface area contributed by atoms with Gasteiger partial charge in [0.15, 0.2) is 0 Å². The summed E-state index contributed by atoms with van der Waals surface area (Å²) < 4.78 is 0. The summed E-state index contributed by atoms with van der Waals surface area (Å²) in [4.78, 5) is 14.3. The van der Waals surface area contributed by atoms with E-state index in [1.807, 2.05) is 6.92 Å². The van der Waals surface area contributed by atoms with Crippen LogP contribution in [-0.2, 0) is 4.79 Å². The molecule has 1 saturated carbocycles. The fourth-order valence-corrected chi connectivity index (χ4v) is 3.01. The molecular weight excluding hydrogens is 226 g/mol. The van der Waals surface area contributed by atoms with Gasteiger partial charge in [-0.25, -0.2) is 0 Å². The van der Waals surface area contributed by atoms with Crippen LogP contribution in [-0.4, -0.2) is 49.1 Å². The van der Waals surface area contributed by atoms with E-state index < -0.39 is 0 Å². The first-order chi connectivity index (χ1) is 8.66. The normalized spacial score (nSPS) is 26.7. The Morgan fingerprint density at radius 1 is 1.33 bits per heavy atom. The van der Waals surface area contributed by atoms with Gasteiger partial charge in [-0.2, -0.15) is 0 Å². The van der Waals surface area contributed by atoms with Gasteiger partial charge in [0.1, 0.15) is 0 Å². The van der Waals surface area contributed by atoms with Gasteiger partial charge in [0, 0.05) is 18.6 Å². The Morgan fingerprint density at radius 3 is 2.67 bits per heavy atom. The largest absolute Gasteiger partial charge is 0.352 e. The number of carbonyl (C=O) groups is 1. The molecule has 2 atom stereocenters. The summed E-state index contributed by atoms with van der Waals surface area (Å²) in [6.07, 6.45) is 7.35. The van der Waals surface area contributed by atoms with Crippen LogP contribution in [0, 0.1) is 0 Å². The Morgan fingerprint density at radius 2 is 2.06 bits per heavy atom. The highest BCUT2D eigenvalue weighted by Crippen LogP contribution is 2.18. The van der Waals surface area contributed by atoms with Crippen LogP contribution >= 0.6 is 0 Å². The van der Waals surface area contributed by atoms with Crippen molar-refractivity contribution in [3.8, 4) is 0 Å². The maximum atomic E-state index is 12.1. The summed E-state index contributed by atoms with van der Waals surface area (Å²) in [6.45, 7) is 4.11. The van der Waals surface area contributed by atoms with Crippen molar-refractivity contribution in [2.75, 3.05) is 20.1 Å². The molecule has 0 radical (unpaired) electrons. The lowest BCUT2D eigenvalue weighted by atomic mass is 10.1. The minimum Gasteiger partial charge on any atom is -0.352 e. The molecule has 0 bridgehead atoms. The van der Waals surface area contributed by atoms with E-state index in [0.29, 0.717) is 12.1 Å². The van der Waals surface area contributed by atoms with Crippen LogP contribution in [0.2, 0.25) is 0 Å². The van der Waals surface area contributed by atoms with Crippen LogP contribution < -0.4 is 10.6 Å². The smallest absolute Gasteiger partial charge is 0.237 e. The first kappa shape index (κ1) is 13.8. The van der Waals surface area contributed by atoms with Crippen molar-refractivity contribution >= 4 is 5.91 Å². The van der Waals surface area contributed by atoms with Gasteiger partial charge >= 0.3 is 0 Å². The maximum absolute atomic E-state index is 12.1. The van der Waals surface area contributed by atoms with Gasteiger partial charge in [0.05, 0.1) is 6.04 Å². The molecule has 0 aromatic carbocycles. The molecule has 1 aliphatic carbocycles. The average Bonchev–Trinajstić information content (AvgIpc) is 3.01. The van der Waals surface area contributed by atoms with Crippen LogP contribution in [0.25, 0.3) is 0 Å². The molecule has 1 amide bonds. The fraction of sp³-hybridized carbons (Fsp3) is 0.929. The van der Waals surface area contributed by atoms with Crippen LogP contribution in [0.5, 0.6) is 0 Å². The first-order valence-corrected chi connectivity index (χ1v) is 7.41. The molecule has 2 rings (SSSR count). The second kappa shape index (κ2) is 6.53. The SMILES string of the molecule is CC(C(=O)NC1CCCC1)N(C)CC1CCCN1. The molecule has 1 heterocycles. The van der Waals surface area contributed by atoms with Crippen molar-refractivity contribution in [3.63, 3.8) is 0 Å². The summed E-state index contributed by atoms with van der Waals surface area (Å²) in [5.41, 5.74) is 0. The van der Waals surface area contributed by atoms with Gasteiger partial charge in [-0.1, -0.05) is 12.8 Å². The number of hydrogen-bond acceptors (Lipinski definition) is 3. The second-order valence-corrected chi connectivity index (χ2v) is 5.90. The van der Waals surface area contributed by atoms with Gasteiger partial charge in [0.2, 0.25) is 5.91 Å². The molecule has 104 valence electrons. The minimum atomic E-state index is -0.0204. The number of rotatable bonds is 5. The number of amides is 1.